The molecule has 3 rings (SSSR count). The number of piperazine rings is 1. The molecule has 6 nitrogen and oxygen atoms in total. The van der Waals surface area contributed by atoms with Crippen LogP contribution in [0.1, 0.15) is 24.2 Å². The van der Waals surface area contributed by atoms with Crippen LogP contribution in [0.25, 0.3) is 0 Å². The van der Waals surface area contributed by atoms with Crippen molar-refractivity contribution in [2.24, 2.45) is 0 Å². The summed E-state index contributed by atoms with van der Waals surface area (Å²) < 4.78 is 30.1. The van der Waals surface area contributed by atoms with Crippen LogP contribution in [0.2, 0.25) is 0 Å². The molecule has 118 valence electrons. The third-order valence-corrected chi connectivity index (χ3v) is 5.36. The minimum atomic E-state index is -3.05. The Labute approximate surface area is 126 Å². The summed E-state index contributed by atoms with van der Waals surface area (Å²) in [5.74, 6) is 0.954. The van der Waals surface area contributed by atoms with E-state index < -0.39 is 10.0 Å². The maximum absolute atomic E-state index is 11.5. The van der Waals surface area contributed by atoms with Gasteiger partial charge in [-0.3, -0.25) is 4.90 Å². The highest BCUT2D eigenvalue weighted by Crippen LogP contribution is 2.20. The molecule has 21 heavy (non-hydrogen) atoms. The van der Waals surface area contributed by atoms with E-state index in [0.717, 1.165) is 31.9 Å². The second kappa shape index (κ2) is 6.08. The van der Waals surface area contributed by atoms with Gasteiger partial charge in [-0.15, -0.1) is 0 Å². The van der Waals surface area contributed by atoms with Gasteiger partial charge < -0.3 is 9.73 Å². The Balaban J connectivity index is 1.46. The second-order valence-corrected chi connectivity index (χ2v) is 8.00. The van der Waals surface area contributed by atoms with Gasteiger partial charge in [0.1, 0.15) is 5.76 Å². The zero-order chi connectivity index (χ0) is 14.9. The predicted octanol–water partition coefficient (Wildman–Crippen LogP) is 0.609. The zero-order valence-corrected chi connectivity index (χ0v) is 13.2. The van der Waals surface area contributed by atoms with Gasteiger partial charge in [0.15, 0.2) is 0 Å². The average molecular weight is 313 g/mol. The normalized spacial score (nSPS) is 21.8. The first-order valence-electron chi connectivity index (χ1n) is 7.48. The zero-order valence-electron chi connectivity index (χ0n) is 12.4. The second-order valence-electron chi connectivity index (χ2n) is 6.01. The lowest BCUT2D eigenvalue weighted by molar-refractivity contribution is 0.171. The Bertz CT molecular complexity index is 572. The Hall–Kier alpha value is -0.890. The van der Waals surface area contributed by atoms with E-state index in [2.05, 4.69) is 16.3 Å². The number of hydrogen-bond donors (Lipinski definition) is 1. The lowest BCUT2D eigenvalue weighted by atomic mass is 10.3. The standard InChI is InChI=1S/C14H23N3O3S/c1-21(18,19)17-6-4-16(5-7-17)10-14-8-12(11-20-14)9-15-13-2-3-13/h8,11,13,15H,2-7,9-10H2,1H3. The predicted molar refractivity (Wildman–Crippen MR) is 80.3 cm³/mol. The highest BCUT2D eigenvalue weighted by atomic mass is 32.2. The van der Waals surface area contributed by atoms with Crippen molar-refractivity contribution >= 4 is 10.0 Å². The van der Waals surface area contributed by atoms with Gasteiger partial charge in [0.05, 0.1) is 19.1 Å². The van der Waals surface area contributed by atoms with Crippen LogP contribution in [0.3, 0.4) is 0 Å². The van der Waals surface area contributed by atoms with Gasteiger partial charge in [0.25, 0.3) is 0 Å². The number of nitrogens with zero attached hydrogens (tertiary/aromatic N) is 2. The molecule has 0 bridgehead atoms. The molecule has 0 atom stereocenters. The van der Waals surface area contributed by atoms with Gasteiger partial charge >= 0.3 is 0 Å². The molecule has 1 N–H and O–H groups in total. The maximum Gasteiger partial charge on any atom is 0.211 e. The molecule has 2 fully saturated rings. The Kier molecular flexibility index (Phi) is 4.35. The molecule has 0 aromatic carbocycles. The monoisotopic (exact) mass is 313 g/mol. The van der Waals surface area contributed by atoms with E-state index in [1.54, 1.807) is 0 Å². The summed E-state index contributed by atoms with van der Waals surface area (Å²) in [4.78, 5) is 2.23. The van der Waals surface area contributed by atoms with Gasteiger partial charge in [0.2, 0.25) is 10.0 Å². The molecule has 1 aromatic rings. The molecule has 1 aliphatic carbocycles. The quantitative estimate of drug-likeness (QED) is 0.833. The summed E-state index contributed by atoms with van der Waals surface area (Å²) in [7, 11) is -3.05. The lowest BCUT2D eigenvalue weighted by Gasteiger charge is -2.32. The summed E-state index contributed by atoms with van der Waals surface area (Å²) in [5, 5.41) is 3.47. The smallest absolute Gasteiger partial charge is 0.211 e. The molecule has 0 spiro atoms. The Morgan fingerprint density at radius 1 is 1.29 bits per heavy atom. The number of furan rings is 1. The molecule has 0 unspecified atom stereocenters. The maximum atomic E-state index is 11.5. The van der Waals surface area contributed by atoms with Crippen molar-refractivity contribution in [3.05, 3.63) is 23.7 Å². The van der Waals surface area contributed by atoms with E-state index >= 15 is 0 Å². The molecule has 2 aliphatic rings. The number of rotatable bonds is 6. The SMILES string of the molecule is CS(=O)(=O)N1CCN(Cc2cc(CNC3CC3)co2)CC1. The van der Waals surface area contributed by atoms with Crippen molar-refractivity contribution in [2.75, 3.05) is 32.4 Å². The lowest BCUT2D eigenvalue weighted by Crippen LogP contribution is -2.47. The number of nitrogens with one attached hydrogen (secondary N) is 1. The Morgan fingerprint density at radius 2 is 2.00 bits per heavy atom. The van der Waals surface area contributed by atoms with Crippen molar-refractivity contribution in [3.63, 3.8) is 0 Å². The first kappa shape index (κ1) is 15.0. The fraction of sp³-hybridized carbons (Fsp3) is 0.714. The van der Waals surface area contributed by atoms with Crippen LogP contribution < -0.4 is 5.32 Å². The summed E-state index contributed by atoms with van der Waals surface area (Å²) >= 11 is 0. The van der Waals surface area contributed by atoms with Gasteiger partial charge in [-0.25, -0.2) is 8.42 Å². The van der Waals surface area contributed by atoms with E-state index in [-0.39, 0.29) is 0 Å². The van der Waals surface area contributed by atoms with E-state index in [0.29, 0.717) is 19.1 Å². The molecule has 7 heteroatoms. The van der Waals surface area contributed by atoms with Gasteiger partial charge in [-0.05, 0) is 18.9 Å². The van der Waals surface area contributed by atoms with E-state index in [1.807, 2.05) is 6.26 Å². The van der Waals surface area contributed by atoms with E-state index in [4.69, 9.17) is 4.42 Å². The molecular formula is C14H23N3O3S. The molecule has 0 radical (unpaired) electrons. The van der Waals surface area contributed by atoms with E-state index in [9.17, 15) is 8.42 Å². The van der Waals surface area contributed by atoms with Gasteiger partial charge in [0, 0.05) is 44.3 Å². The summed E-state index contributed by atoms with van der Waals surface area (Å²) in [6.45, 7) is 4.26. The highest BCUT2D eigenvalue weighted by Gasteiger charge is 2.24. The summed E-state index contributed by atoms with van der Waals surface area (Å²) in [6.07, 6.45) is 5.66. The topological polar surface area (TPSA) is 65.8 Å². The summed E-state index contributed by atoms with van der Waals surface area (Å²) in [6, 6.07) is 2.80. The third-order valence-electron chi connectivity index (χ3n) is 4.06. The van der Waals surface area contributed by atoms with Gasteiger partial charge in [-0.1, -0.05) is 0 Å². The van der Waals surface area contributed by atoms with Crippen LogP contribution in [-0.4, -0.2) is 56.1 Å². The molecule has 1 saturated carbocycles. The molecule has 1 saturated heterocycles. The first-order valence-corrected chi connectivity index (χ1v) is 9.33. The van der Waals surface area contributed by atoms with Gasteiger partial charge in [-0.2, -0.15) is 4.31 Å². The molecular weight excluding hydrogens is 290 g/mol. The van der Waals surface area contributed by atoms with Crippen LogP contribution in [0.5, 0.6) is 0 Å². The van der Waals surface area contributed by atoms with Crippen molar-refractivity contribution in [1.29, 1.82) is 0 Å². The van der Waals surface area contributed by atoms with Crippen molar-refractivity contribution in [3.8, 4) is 0 Å². The van der Waals surface area contributed by atoms with E-state index in [1.165, 1.54) is 29.0 Å². The molecule has 0 amide bonds. The van der Waals surface area contributed by atoms with Crippen molar-refractivity contribution in [2.45, 2.75) is 32.0 Å². The van der Waals surface area contributed by atoms with Crippen molar-refractivity contribution < 1.29 is 12.8 Å². The fourth-order valence-electron chi connectivity index (χ4n) is 2.59. The van der Waals surface area contributed by atoms with Crippen LogP contribution in [0, 0.1) is 0 Å². The minimum absolute atomic E-state index is 0.565. The third kappa shape index (κ3) is 4.29. The highest BCUT2D eigenvalue weighted by molar-refractivity contribution is 7.88. The largest absolute Gasteiger partial charge is 0.468 e. The van der Waals surface area contributed by atoms with Crippen LogP contribution in [0.15, 0.2) is 16.7 Å². The van der Waals surface area contributed by atoms with Crippen molar-refractivity contribution in [1.82, 2.24) is 14.5 Å². The molecule has 1 aromatic heterocycles. The number of sulfonamides is 1. The minimum Gasteiger partial charge on any atom is -0.468 e. The average Bonchev–Trinajstić information content (AvgIpc) is 3.16. The fourth-order valence-corrected chi connectivity index (χ4v) is 3.42. The summed E-state index contributed by atoms with van der Waals surface area (Å²) in [5.41, 5.74) is 1.19. The number of hydrogen-bond acceptors (Lipinski definition) is 5. The Morgan fingerprint density at radius 3 is 2.62 bits per heavy atom. The molecule has 2 heterocycles. The molecule has 1 aliphatic heterocycles. The van der Waals surface area contributed by atoms with Crippen LogP contribution in [0.4, 0.5) is 0 Å². The van der Waals surface area contributed by atoms with Crippen LogP contribution >= 0.6 is 0 Å². The first-order chi connectivity index (χ1) is 10.0. The van der Waals surface area contributed by atoms with Crippen LogP contribution in [-0.2, 0) is 23.1 Å².